The van der Waals surface area contributed by atoms with Gasteiger partial charge >= 0.3 is 5.97 Å². The zero-order valence-electron chi connectivity index (χ0n) is 21.7. The zero-order chi connectivity index (χ0) is 27.9. The molecule has 1 fully saturated rings. The van der Waals surface area contributed by atoms with E-state index in [1.165, 1.54) is 0 Å². The van der Waals surface area contributed by atoms with Crippen LogP contribution in [0.15, 0.2) is 77.1 Å². The molecule has 3 unspecified atom stereocenters. The van der Waals surface area contributed by atoms with Gasteiger partial charge in [0.1, 0.15) is 0 Å². The highest BCUT2D eigenvalue weighted by atomic mass is 32.2. The van der Waals surface area contributed by atoms with Gasteiger partial charge in [0, 0.05) is 36.3 Å². The second-order valence-corrected chi connectivity index (χ2v) is 11.8. The molecule has 3 aromatic carbocycles. The molecule has 0 radical (unpaired) electrons. The molecule has 1 aromatic heterocycles. The van der Waals surface area contributed by atoms with E-state index in [0.717, 1.165) is 31.2 Å². The maximum atomic E-state index is 12.3. The number of fused-ring (bicyclic) bond motifs is 1. The van der Waals surface area contributed by atoms with E-state index in [0.29, 0.717) is 17.9 Å². The highest BCUT2D eigenvalue weighted by Crippen LogP contribution is 2.40. The van der Waals surface area contributed by atoms with Gasteiger partial charge in [-0.15, -0.1) is 11.3 Å². The number of carboxylic acid groups (broad SMARTS) is 1. The van der Waals surface area contributed by atoms with Crippen molar-refractivity contribution in [2.24, 2.45) is 0 Å². The number of rotatable bonds is 11. The first-order valence-corrected chi connectivity index (χ1v) is 14.9. The predicted molar refractivity (Wildman–Crippen MR) is 155 cm³/mol. The van der Waals surface area contributed by atoms with Gasteiger partial charge in [-0.25, -0.2) is 4.98 Å². The molecule has 0 saturated carbocycles. The monoisotopic (exact) mass is 578 g/mol. The van der Waals surface area contributed by atoms with Crippen molar-refractivity contribution in [2.75, 3.05) is 11.1 Å². The summed E-state index contributed by atoms with van der Waals surface area (Å²) in [5, 5.41) is 21.1. The van der Waals surface area contributed by atoms with Crippen molar-refractivity contribution in [1.29, 1.82) is 0 Å². The standard InChI is InChI=1S/C30H30N2O6S2/c33-17-19-11-13-20(14-12-19)25-16-23(18-39-30-32-24-7-1-2-8-26(24)40-30)37-29(38-25)21-5-3-6-22(15-21)31-27(34)9-4-10-28(35)36/h1-3,5-8,11-15,23,25,29,33H,4,9-10,16-18H2,(H,31,34)(H,35,36). The maximum Gasteiger partial charge on any atom is 0.303 e. The molecule has 1 amide bonds. The zero-order valence-corrected chi connectivity index (χ0v) is 23.3. The van der Waals surface area contributed by atoms with Crippen LogP contribution in [0.1, 0.15) is 54.8 Å². The number of thioether (sulfide) groups is 1. The average Bonchev–Trinajstić information content (AvgIpc) is 3.39. The van der Waals surface area contributed by atoms with Crippen molar-refractivity contribution >= 4 is 50.9 Å². The number of carbonyl (C=O) groups excluding carboxylic acids is 1. The Balaban J connectivity index is 1.31. The molecule has 2 heterocycles. The van der Waals surface area contributed by atoms with Crippen LogP contribution < -0.4 is 5.32 Å². The molecule has 40 heavy (non-hydrogen) atoms. The first-order chi connectivity index (χ1) is 19.5. The molecule has 1 aliphatic heterocycles. The lowest BCUT2D eigenvalue weighted by atomic mass is 10.0. The highest BCUT2D eigenvalue weighted by Gasteiger charge is 2.32. The summed E-state index contributed by atoms with van der Waals surface area (Å²) in [6.45, 7) is -0.0200. The maximum absolute atomic E-state index is 12.3. The van der Waals surface area contributed by atoms with Crippen LogP contribution in [0.5, 0.6) is 0 Å². The number of benzene rings is 3. The molecule has 4 aromatic rings. The van der Waals surface area contributed by atoms with E-state index in [4.69, 9.17) is 19.6 Å². The minimum atomic E-state index is -0.919. The number of nitrogens with one attached hydrogen (secondary N) is 1. The van der Waals surface area contributed by atoms with E-state index in [9.17, 15) is 14.7 Å². The van der Waals surface area contributed by atoms with Crippen molar-refractivity contribution in [2.45, 2.75) is 55.1 Å². The van der Waals surface area contributed by atoms with Crippen molar-refractivity contribution in [3.05, 3.63) is 89.5 Å². The number of carbonyl (C=O) groups is 2. The van der Waals surface area contributed by atoms with Crippen LogP contribution in [-0.2, 0) is 25.7 Å². The van der Waals surface area contributed by atoms with E-state index in [2.05, 4.69) is 11.4 Å². The summed E-state index contributed by atoms with van der Waals surface area (Å²) in [5.74, 6) is -0.459. The van der Waals surface area contributed by atoms with Gasteiger partial charge in [0.2, 0.25) is 5.91 Å². The van der Waals surface area contributed by atoms with Gasteiger partial charge < -0.3 is 25.0 Å². The lowest BCUT2D eigenvalue weighted by molar-refractivity contribution is -0.245. The van der Waals surface area contributed by atoms with Gasteiger partial charge in [0.05, 0.1) is 29.0 Å². The number of aromatic nitrogens is 1. The van der Waals surface area contributed by atoms with Crippen LogP contribution in [0, 0.1) is 0 Å². The second kappa shape index (κ2) is 13.4. The van der Waals surface area contributed by atoms with Crippen LogP contribution in [0.25, 0.3) is 10.2 Å². The normalized spacial score (nSPS) is 19.0. The third-order valence-corrected chi connectivity index (χ3v) is 8.83. The summed E-state index contributed by atoms with van der Waals surface area (Å²) in [6.07, 6.45) is 0.0290. The summed E-state index contributed by atoms with van der Waals surface area (Å²) >= 11 is 3.34. The number of aliphatic hydroxyl groups excluding tert-OH is 1. The van der Waals surface area contributed by atoms with E-state index >= 15 is 0 Å². The van der Waals surface area contributed by atoms with Crippen LogP contribution in [0.2, 0.25) is 0 Å². The molecule has 8 nitrogen and oxygen atoms in total. The van der Waals surface area contributed by atoms with E-state index in [1.807, 2.05) is 60.7 Å². The molecule has 0 spiro atoms. The molecule has 1 aliphatic rings. The quantitative estimate of drug-likeness (QED) is 0.177. The van der Waals surface area contributed by atoms with E-state index in [1.54, 1.807) is 29.2 Å². The van der Waals surface area contributed by atoms with Gasteiger partial charge in [-0.05, 0) is 41.8 Å². The number of carboxylic acids is 1. The van der Waals surface area contributed by atoms with E-state index < -0.39 is 12.3 Å². The Kier molecular flexibility index (Phi) is 9.45. The lowest BCUT2D eigenvalue weighted by Gasteiger charge is -2.36. The Labute approximate surface area is 240 Å². The van der Waals surface area contributed by atoms with E-state index in [-0.39, 0.29) is 44.0 Å². The van der Waals surface area contributed by atoms with Crippen molar-refractivity contribution in [3.8, 4) is 0 Å². The highest BCUT2D eigenvalue weighted by molar-refractivity contribution is 8.01. The number of aliphatic hydroxyl groups is 1. The van der Waals surface area contributed by atoms with Crippen LogP contribution in [0.3, 0.4) is 0 Å². The Morgan fingerprint density at radius 3 is 2.60 bits per heavy atom. The fourth-order valence-electron chi connectivity index (χ4n) is 4.49. The number of amides is 1. The van der Waals surface area contributed by atoms with Gasteiger partial charge in [-0.1, -0.05) is 60.3 Å². The molecule has 5 rings (SSSR count). The molecule has 1 saturated heterocycles. The van der Waals surface area contributed by atoms with Gasteiger partial charge in [-0.3, -0.25) is 9.59 Å². The summed E-state index contributed by atoms with van der Waals surface area (Å²) in [5.41, 5.74) is 4.20. The van der Waals surface area contributed by atoms with Crippen LogP contribution >= 0.6 is 23.1 Å². The fraction of sp³-hybridized carbons (Fsp3) is 0.300. The number of hydrogen-bond acceptors (Lipinski definition) is 8. The summed E-state index contributed by atoms with van der Waals surface area (Å²) in [7, 11) is 0. The largest absolute Gasteiger partial charge is 0.481 e. The molecule has 0 bridgehead atoms. The lowest BCUT2D eigenvalue weighted by Crippen LogP contribution is -2.31. The minimum absolute atomic E-state index is 0.0200. The van der Waals surface area contributed by atoms with Crippen LogP contribution in [0.4, 0.5) is 5.69 Å². The van der Waals surface area contributed by atoms with Crippen molar-refractivity contribution < 1.29 is 29.3 Å². The Bertz CT molecular complexity index is 1430. The van der Waals surface area contributed by atoms with Crippen molar-refractivity contribution in [3.63, 3.8) is 0 Å². The van der Waals surface area contributed by atoms with Crippen LogP contribution in [-0.4, -0.2) is 38.9 Å². The molecular formula is C30H30N2O6S2. The third kappa shape index (κ3) is 7.47. The number of para-hydroxylation sites is 1. The Morgan fingerprint density at radius 2 is 1.82 bits per heavy atom. The van der Waals surface area contributed by atoms with Crippen molar-refractivity contribution in [1.82, 2.24) is 4.98 Å². The molecule has 3 N–H and O–H groups in total. The SMILES string of the molecule is O=C(O)CCCC(=O)Nc1cccc(C2OC(CSc3nc4ccccc4s3)CC(c3ccc(CO)cc3)O2)c1. The van der Waals surface area contributed by atoms with Gasteiger partial charge in [-0.2, -0.15) is 0 Å². The average molecular weight is 579 g/mol. The Hall–Kier alpha value is -3.28. The van der Waals surface area contributed by atoms with Gasteiger partial charge in [0.25, 0.3) is 0 Å². The predicted octanol–water partition coefficient (Wildman–Crippen LogP) is 6.32. The smallest absolute Gasteiger partial charge is 0.303 e. The third-order valence-electron chi connectivity index (χ3n) is 6.52. The number of ether oxygens (including phenoxy) is 2. The number of nitrogens with zero attached hydrogens (tertiary/aromatic N) is 1. The first-order valence-electron chi connectivity index (χ1n) is 13.1. The minimum Gasteiger partial charge on any atom is -0.481 e. The summed E-state index contributed by atoms with van der Waals surface area (Å²) in [4.78, 5) is 27.8. The number of thiazole rings is 1. The molecule has 10 heteroatoms. The second-order valence-electron chi connectivity index (χ2n) is 9.53. The summed E-state index contributed by atoms with van der Waals surface area (Å²) < 4.78 is 15.0. The summed E-state index contributed by atoms with van der Waals surface area (Å²) in [6, 6.07) is 23.2. The molecule has 0 aliphatic carbocycles. The number of aliphatic carboxylic acids is 1. The molecule has 3 atom stereocenters. The fourth-order valence-corrected chi connectivity index (χ4v) is 6.60. The first kappa shape index (κ1) is 28.3. The number of anilines is 1. The molecular weight excluding hydrogens is 548 g/mol. The number of hydrogen-bond donors (Lipinski definition) is 3. The Morgan fingerprint density at radius 1 is 1.00 bits per heavy atom. The van der Waals surface area contributed by atoms with Gasteiger partial charge in [0.15, 0.2) is 10.6 Å². The topological polar surface area (TPSA) is 118 Å². The molecule has 208 valence electrons.